The van der Waals surface area contributed by atoms with E-state index in [4.69, 9.17) is 23.7 Å². The molecule has 0 radical (unpaired) electrons. The van der Waals surface area contributed by atoms with Crippen LogP contribution < -0.4 is 0 Å². The first kappa shape index (κ1) is 23.3. The number of aliphatic hydroxyl groups excluding tert-OH is 2. The van der Waals surface area contributed by atoms with E-state index in [0.29, 0.717) is 0 Å². The highest BCUT2D eigenvalue weighted by atomic mass is 16.7. The molecule has 156 valence electrons. The summed E-state index contributed by atoms with van der Waals surface area (Å²) in [5.41, 5.74) is 0. The Kier molecular flexibility index (Phi) is 9.64. The number of hydrogen-bond donors (Lipinski definition) is 2. The van der Waals surface area contributed by atoms with Gasteiger partial charge in [0.15, 0.2) is 12.4 Å². The molecule has 0 aromatic carbocycles. The number of carbonyl (C=O) groups is 3. The summed E-state index contributed by atoms with van der Waals surface area (Å²) in [6.45, 7) is 4.54. The van der Waals surface area contributed by atoms with E-state index in [9.17, 15) is 24.6 Å². The van der Waals surface area contributed by atoms with Crippen molar-refractivity contribution in [2.45, 2.75) is 52.3 Å². The molecule has 1 saturated heterocycles. The molecular weight excluding hydrogens is 364 g/mol. The second kappa shape index (κ2) is 11.2. The lowest BCUT2D eigenvalue weighted by Gasteiger charge is -2.44. The van der Waals surface area contributed by atoms with Crippen LogP contribution in [0.3, 0.4) is 0 Å². The summed E-state index contributed by atoms with van der Waals surface area (Å²) in [6, 6.07) is 0. The number of aliphatic hydroxyl groups is 2. The van der Waals surface area contributed by atoms with Crippen molar-refractivity contribution < 1.29 is 48.3 Å². The second-order valence-corrected chi connectivity index (χ2v) is 6.42. The maximum atomic E-state index is 11.5. The fourth-order valence-electron chi connectivity index (χ4n) is 2.64. The minimum atomic E-state index is -1.14. The van der Waals surface area contributed by atoms with E-state index in [0.717, 1.165) is 0 Å². The molecule has 2 N–H and O–H groups in total. The topological polar surface area (TPSA) is 138 Å². The van der Waals surface area contributed by atoms with Gasteiger partial charge in [-0.2, -0.15) is 0 Å². The summed E-state index contributed by atoms with van der Waals surface area (Å²) < 4.78 is 26.9. The predicted octanol–water partition coefficient (Wildman–Crippen LogP) is -0.609. The van der Waals surface area contributed by atoms with Crippen molar-refractivity contribution in [3.8, 4) is 0 Å². The normalized spacial score (nSPS) is 27.9. The summed E-state index contributed by atoms with van der Waals surface area (Å²) in [7, 11) is 0. The van der Waals surface area contributed by atoms with Crippen molar-refractivity contribution in [2.24, 2.45) is 11.8 Å². The molecule has 0 aromatic heterocycles. The molecule has 0 saturated carbocycles. The zero-order valence-corrected chi connectivity index (χ0v) is 16.0. The third-order valence-electron chi connectivity index (χ3n) is 4.07. The predicted molar refractivity (Wildman–Crippen MR) is 89.2 cm³/mol. The molecule has 1 heterocycles. The standard InChI is InChI=1S/C17H28O10/c1-9-14(8-23-10(2)20)27-17(24-7-13(5-18)6-19)16(26-12(4)22)15(9)25-11(3)21/h9,13-19H,5-8H2,1-4H3/t9-,14+,15-,16+,17+/m0/s1. The molecule has 10 heteroatoms. The average Bonchev–Trinajstić information content (AvgIpc) is 2.58. The van der Waals surface area contributed by atoms with E-state index < -0.39 is 54.3 Å². The van der Waals surface area contributed by atoms with Crippen LogP contribution in [-0.4, -0.2) is 79.2 Å². The maximum Gasteiger partial charge on any atom is 0.303 e. The minimum Gasteiger partial charge on any atom is -0.463 e. The van der Waals surface area contributed by atoms with Crippen molar-refractivity contribution in [2.75, 3.05) is 26.4 Å². The van der Waals surface area contributed by atoms with Crippen LogP contribution in [0.2, 0.25) is 0 Å². The van der Waals surface area contributed by atoms with Crippen molar-refractivity contribution in [3.05, 3.63) is 0 Å². The fourth-order valence-corrected chi connectivity index (χ4v) is 2.64. The number of ether oxygens (including phenoxy) is 5. The maximum absolute atomic E-state index is 11.5. The van der Waals surface area contributed by atoms with Gasteiger partial charge in [0.25, 0.3) is 0 Å². The highest BCUT2D eigenvalue weighted by Crippen LogP contribution is 2.31. The highest BCUT2D eigenvalue weighted by molar-refractivity contribution is 5.67. The molecule has 27 heavy (non-hydrogen) atoms. The van der Waals surface area contributed by atoms with Crippen molar-refractivity contribution >= 4 is 17.9 Å². The van der Waals surface area contributed by atoms with Crippen molar-refractivity contribution in [3.63, 3.8) is 0 Å². The van der Waals surface area contributed by atoms with Crippen LogP contribution in [-0.2, 0) is 38.1 Å². The average molecular weight is 392 g/mol. The largest absolute Gasteiger partial charge is 0.463 e. The van der Waals surface area contributed by atoms with Crippen LogP contribution in [0.5, 0.6) is 0 Å². The van der Waals surface area contributed by atoms with Crippen LogP contribution in [0.4, 0.5) is 0 Å². The zero-order chi connectivity index (χ0) is 20.6. The zero-order valence-electron chi connectivity index (χ0n) is 16.0. The van der Waals surface area contributed by atoms with Gasteiger partial charge in [-0.05, 0) is 0 Å². The Morgan fingerprint density at radius 2 is 1.52 bits per heavy atom. The quantitative estimate of drug-likeness (QED) is 0.386. The summed E-state index contributed by atoms with van der Waals surface area (Å²) >= 11 is 0. The third kappa shape index (κ3) is 7.41. The van der Waals surface area contributed by atoms with Gasteiger partial charge in [0.05, 0.1) is 19.8 Å². The minimum absolute atomic E-state index is 0.0864. The van der Waals surface area contributed by atoms with Crippen molar-refractivity contribution in [1.82, 2.24) is 0 Å². The summed E-state index contributed by atoms with van der Waals surface area (Å²) in [5, 5.41) is 18.4. The Hall–Kier alpha value is -1.75. The SMILES string of the molecule is CC(=O)OC[C@H]1O[C@@H](OCC(CO)CO)[C@H](OC(C)=O)[C@@H](OC(C)=O)[C@H]1C. The van der Waals surface area contributed by atoms with Gasteiger partial charge < -0.3 is 33.9 Å². The Balaban J connectivity index is 3.03. The highest BCUT2D eigenvalue weighted by Gasteiger charge is 2.49. The summed E-state index contributed by atoms with van der Waals surface area (Å²) in [4.78, 5) is 34.2. The molecule has 5 atom stereocenters. The van der Waals surface area contributed by atoms with Gasteiger partial charge in [-0.15, -0.1) is 0 Å². The lowest BCUT2D eigenvalue weighted by molar-refractivity contribution is -0.297. The van der Waals surface area contributed by atoms with Gasteiger partial charge in [-0.3, -0.25) is 14.4 Å². The van der Waals surface area contributed by atoms with E-state index in [1.54, 1.807) is 6.92 Å². The smallest absolute Gasteiger partial charge is 0.303 e. The lowest BCUT2D eigenvalue weighted by atomic mass is 9.90. The van der Waals surface area contributed by atoms with Gasteiger partial charge in [0, 0.05) is 32.6 Å². The molecule has 1 rings (SSSR count). The van der Waals surface area contributed by atoms with Crippen molar-refractivity contribution in [1.29, 1.82) is 0 Å². The van der Waals surface area contributed by atoms with Gasteiger partial charge in [0.2, 0.25) is 0 Å². The van der Waals surface area contributed by atoms with E-state index in [1.807, 2.05) is 0 Å². The molecule has 0 spiro atoms. The van der Waals surface area contributed by atoms with Crippen LogP contribution in [0.15, 0.2) is 0 Å². The van der Waals surface area contributed by atoms with Crippen LogP contribution in [0, 0.1) is 11.8 Å². The Morgan fingerprint density at radius 3 is 2.00 bits per heavy atom. The molecule has 0 unspecified atom stereocenters. The molecule has 0 aliphatic carbocycles. The van der Waals surface area contributed by atoms with E-state index in [2.05, 4.69) is 0 Å². The number of rotatable bonds is 9. The van der Waals surface area contributed by atoms with Gasteiger partial charge in [0.1, 0.15) is 18.8 Å². The first-order valence-electron chi connectivity index (χ1n) is 8.66. The third-order valence-corrected chi connectivity index (χ3v) is 4.07. The molecule has 1 aliphatic heterocycles. The summed E-state index contributed by atoms with van der Waals surface area (Å²) in [5.74, 6) is -2.75. The van der Waals surface area contributed by atoms with E-state index in [1.165, 1.54) is 20.8 Å². The molecule has 1 fully saturated rings. The summed E-state index contributed by atoms with van der Waals surface area (Å²) in [6.07, 6.45) is -3.78. The molecular formula is C17H28O10. The number of esters is 3. The van der Waals surface area contributed by atoms with Gasteiger partial charge >= 0.3 is 17.9 Å². The molecule has 0 aromatic rings. The first-order chi connectivity index (χ1) is 12.7. The Bertz CT molecular complexity index is 504. The Labute approximate surface area is 157 Å². The Morgan fingerprint density at radius 1 is 0.963 bits per heavy atom. The van der Waals surface area contributed by atoms with Gasteiger partial charge in [-0.1, -0.05) is 6.92 Å². The molecule has 0 amide bonds. The van der Waals surface area contributed by atoms with Gasteiger partial charge in [-0.25, -0.2) is 0 Å². The molecule has 0 bridgehead atoms. The molecule has 1 aliphatic rings. The second-order valence-electron chi connectivity index (χ2n) is 6.42. The van der Waals surface area contributed by atoms with E-state index in [-0.39, 0.29) is 26.4 Å². The van der Waals surface area contributed by atoms with E-state index >= 15 is 0 Å². The monoisotopic (exact) mass is 392 g/mol. The van der Waals surface area contributed by atoms with Crippen LogP contribution in [0.1, 0.15) is 27.7 Å². The number of carbonyl (C=O) groups excluding carboxylic acids is 3. The lowest BCUT2D eigenvalue weighted by Crippen LogP contribution is -2.58. The number of hydrogen-bond acceptors (Lipinski definition) is 10. The van der Waals surface area contributed by atoms with Crippen LogP contribution >= 0.6 is 0 Å². The fraction of sp³-hybridized carbons (Fsp3) is 0.824. The molecule has 10 nitrogen and oxygen atoms in total. The first-order valence-corrected chi connectivity index (χ1v) is 8.66. The van der Waals surface area contributed by atoms with Crippen LogP contribution in [0.25, 0.3) is 0 Å².